The topological polar surface area (TPSA) is 54.4 Å². The van der Waals surface area contributed by atoms with E-state index in [0.717, 1.165) is 36.4 Å². The van der Waals surface area contributed by atoms with Crippen LogP contribution in [0.1, 0.15) is 11.1 Å². The smallest absolute Gasteiger partial charge is 0.369 e. The van der Waals surface area contributed by atoms with Crippen LogP contribution in [0.2, 0.25) is 0 Å². The van der Waals surface area contributed by atoms with Crippen molar-refractivity contribution in [1.29, 1.82) is 0 Å². The zero-order valence-corrected chi connectivity index (χ0v) is 14.0. The third-order valence-electron chi connectivity index (χ3n) is 3.72. The Morgan fingerprint density at radius 1 is 0.778 bits per heavy atom. The fraction of sp³-hybridized carbons (Fsp3) is 0.250. The number of alkyl halides is 6. The minimum Gasteiger partial charge on any atom is -0.369 e. The van der Waals surface area contributed by atoms with Gasteiger partial charge in [0, 0.05) is 5.56 Å². The normalized spacial score (nSPS) is 13.6. The van der Waals surface area contributed by atoms with Crippen molar-refractivity contribution in [3.05, 3.63) is 65.5 Å². The van der Waals surface area contributed by atoms with E-state index in [1.807, 2.05) is 0 Å². The molecule has 0 saturated heterocycles. The summed E-state index contributed by atoms with van der Waals surface area (Å²) in [5, 5.41) is 9.28. The second-order valence-electron chi connectivity index (χ2n) is 5.62. The molecule has 0 radical (unpaired) electrons. The largest absolute Gasteiger partial charge is 0.430 e. The lowest BCUT2D eigenvalue weighted by atomic mass is 9.92. The van der Waals surface area contributed by atoms with Gasteiger partial charge in [-0.1, -0.05) is 24.3 Å². The van der Waals surface area contributed by atoms with Crippen LogP contribution in [0.25, 0.3) is 0 Å². The van der Waals surface area contributed by atoms with Crippen LogP contribution in [-0.4, -0.2) is 25.9 Å². The third kappa shape index (κ3) is 4.08. The minimum absolute atomic E-state index is 0.116. The first-order chi connectivity index (χ1) is 12.2. The highest BCUT2D eigenvalue weighted by Crippen LogP contribution is 2.49. The van der Waals surface area contributed by atoms with Gasteiger partial charge in [-0.2, -0.15) is 26.3 Å². The summed E-state index contributed by atoms with van der Waals surface area (Å²) in [6, 6.07) is 5.92. The maximum atomic E-state index is 12.8. The van der Waals surface area contributed by atoms with E-state index in [4.69, 9.17) is 0 Å². The summed E-state index contributed by atoms with van der Waals surface area (Å²) in [6.45, 7) is 0. The molecule has 0 aliphatic rings. The van der Waals surface area contributed by atoms with Crippen molar-refractivity contribution in [2.24, 2.45) is 0 Å². The van der Waals surface area contributed by atoms with Crippen molar-refractivity contribution in [3.8, 4) is 0 Å². The second-order valence-corrected chi connectivity index (χ2v) is 7.61. The molecule has 11 heteroatoms. The van der Waals surface area contributed by atoms with Crippen LogP contribution in [0.3, 0.4) is 0 Å². The number of hydrogen-bond donors (Lipinski definition) is 1. The SMILES string of the molecule is O=S(=O)(Cc1ccc(C(O)(C(F)(F)F)C(F)(F)F)cc1)c1ccc(F)cc1. The van der Waals surface area contributed by atoms with Gasteiger partial charge in [0.15, 0.2) is 9.84 Å². The fourth-order valence-corrected chi connectivity index (χ4v) is 3.62. The van der Waals surface area contributed by atoms with Crippen molar-refractivity contribution >= 4 is 9.84 Å². The predicted octanol–water partition coefficient (Wildman–Crippen LogP) is 4.11. The van der Waals surface area contributed by atoms with Gasteiger partial charge in [-0.15, -0.1) is 0 Å². The van der Waals surface area contributed by atoms with Crippen molar-refractivity contribution < 1.29 is 44.3 Å². The minimum atomic E-state index is -6.03. The highest BCUT2D eigenvalue weighted by molar-refractivity contribution is 7.90. The Balaban J connectivity index is 2.36. The van der Waals surface area contributed by atoms with Crippen molar-refractivity contribution in [2.45, 2.75) is 28.6 Å². The quantitative estimate of drug-likeness (QED) is 0.603. The highest BCUT2D eigenvalue weighted by Gasteiger charge is 2.71. The van der Waals surface area contributed by atoms with Crippen LogP contribution < -0.4 is 0 Å². The zero-order valence-electron chi connectivity index (χ0n) is 13.1. The molecule has 1 N–H and O–H groups in total. The van der Waals surface area contributed by atoms with E-state index in [1.165, 1.54) is 0 Å². The molecule has 0 bridgehead atoms. The van der Waals surface area contributed by atoms with Crippen LogP contribution >= 0.6 is 0 Å². The molecule has 0 aliphatic heterocycles. The fourth-order valence-electron chi connectivity index (χ4n) is 2.27. The molecule has 0 spiro atoms. The van der Waals surface area contributed by atoms with Gasteiger partial charge in [-0.3, -0.25) is 0 Å². The molecule has 0 fully saturated rings. The van der Waals surface area contributed by atoms with Gasteiger partial charge in [0.05, 0.1) is 10.6 Å². The molecule has 2 aromatic rings. The summed E-state index contributed by atoms with van der Waals surface area (Å²) in [7, 11) is -4.01. The molecule has 3 nitrogen and oxygen atoms in total. The molecule has 2 aromatic carbocycles. The van der Waals surface area contributed by atoms with Crippen LogP contribution in [-0.2, 0) is 21.2 Å². The number of benzene rings is 2. The van der Waals surface area contributed by atoms with Crippen molar-refractivity contribution in [2.75, 3.05) is 0 Å². The Morgan fingerprint density at radius 3 is 1.63 bits per heavy atom. The molecule has 0 atom stereocenters. The molecule has 0 amide bonds. The van der Waals surface area contributed by atoms with E-state index in [2.05, 4.69) is 0 Å². The summed E-state index contributed by atoms with van der Waals surface area (Å²) in [4.78, 5) is -0.268. The maximum Gasteiger partial charge on any atom is 0.430 e. The van der Waals surface area contributed by atoms with Gasteiger partial charge in [0.2, 0.25) is 0 Å². The summed E-state index contributed by atoms with van der Waals surface area (Å²) in [5.41, 5.74) is -6.70. The third-order valence-corrected chi connectivity index (χ3v) is 5.43. The van der Waals surface area contributed by atoms with E-state index >= 15 is 0 Å². The first kappa shape index (κ1) is 21.2. The average Bonchev–Trinajstić information content (AvgIpc) is 2.52. The first-order valence-corrected chi connectivity index (χ1v) is 8.77. The van der Waals surface area contributed by atoms with Crippen LogP contribution in [0.15, 0.2) is 53.4 Å². The van der Waals surface area contributed by atoms with Crippen molar-refractivity contribution in [3.63, 3.8) is 0 Å². The molecule has 148 valence electrons. The number of halogens is 7. The summed E-state index contributed by atoms with van der Waals surface area (Å²) < 4.78 is 114. The van der Waals surface area contributed by atoms with E-state index < -0.39 is 44.9 Å². The number of rotatable bonds is 4. The summed E-state index contributed by atoms with van der Waals surface area (Å²) in [5.74, 6) is -1.42. The molecule has 0 unspecified atom stereocenters. The van der Waals surface area contributed by atoms with Crippen LogP contribution in [0.5, 0.6) is 0 Å². The first-order valence-electron chi connectivity index (χ1n) is 7.12. The van der Waals surface area contributed by atoms with E-state index in [0.29, 0.717) is 12.1 Å². The number of aliphatic hydroxyl groups is 1. The maximum absolute atomic E-state index is 12.8. The Bertz CT molecular complexity index is 885. The lowest BCUT2D eigenvalue weighted by Gasteiger charge is -2.32. The summed E-state index contributed by atoms with van der Waals surface area (Å²) >= 11 is 0. The number of hydrogen-bond acceptors (Lipinski definition) is 3. The molecular formula is C16H11F7O3S. The molecule has 0 aromatic heterocycles. The lowest BCUT2D eigenvalue weighted by molar-refractivity contribution is -0.376. The Morgan fingerprint density at radius 2 is 1.22 bits per heavy atom. The molecule has 0 aliphatic carbocycles. The lowest BCUT2D eigenvalue weighted by Crippen LogP contribution is -2.53. The van der Waals surface area contributed by atoms with Crippen LogP contribution in [0, 0.1) is 5.82 Å². The molecule has 0 saturated carbocycles. The Labute approximate surface area is 149 Å². The number of sulfone groups is 1. The van der Waals surface area contributed by atoms with Gasteiger partial charge in [-0.25, -0.2) is 12.8 Å². The van der Waals surface area contributed by atoms with Gasteiger partial charge >= 0.3 is 12.4 Å². The molecule has 2 rings (SSSR count). The average molecular weight is 416 g/mol. The van der Waals surface area contributed by atoms with Crippen molar-refractivity contribution in [1.82, 2.24) is 0 Å². The molecular weight excluding hydrogens is 405 g/mol. The molecule has 0 heterocycles. The second kappa shape index (κ2) is 6.79. The predicted molar refractivity (Wildman–Crippen MR) is 79.7 cm³/mol. The van der Waals surface area contributed by atoms with Gasteiger partial charge in [-0.05, 0) is 29.8 Å². The van der Waals surface area contributed by atoms with Gasteiger partial charge in [0.25, 0.3) is 5.60 Å². The Kier molecular flexibility index (Phi) is 5.32. The zero-order chi connectivity index (χ0) is 20.7. The van der Waals surface area contributed by atoms with E-state index in [9.17, 15) is 44.3 Å². The monoisotopic (exact) mass is 416 g/mol. The summed E-state index contributed by atoms with van der Waals surface area (Å²) in [6.07, 6.45) is -12.1. The van der Waals surface area contributed by atoms with Gasteiger partial charge < -0.3 is 5.11 Å². The van der Waals surface area contributed by atoms with E-state index in [-0.39, 0.29) is 10.5 Å². The van der Waals surface area contributed by atoms with Gasteiger partial charge in [0.1, 0.15) is 5.82 Å². The highest BCUT2D eigenvalue weighted by atomic mass is 32.2. The van der Waals surface area contributed by atoms with Crippen LogP contribution in [0.4, 0.5) is 30.7 Å². The molecule has 27 heavy (non-hydrogen) atoms. The Hall–Kier alpha value is -2.14. The standard InChI is InChI=1S/C16H11F7O3S/c17-12-5-7-13(8-6-12)27(25,26)9-10-1-3-11(4-2-10)14(24,15(18,19)20)16(21,22)23/h1-8,24H,9H2. The van der Waals surface area contributed by atoms with E-state index in [1.54, 1.807) is 0 Å².